The van der Waals surface area contributed by atoms with Crippen LogP contribution < -0.4 is 5.32 Å². The predicted molar refractivity (Wildman–Crippen MR) is 80.2 cm³/mol. The largest absolute Gasteiger partial charge is 0.325 e. The van der Waals surface area contributed by atoms with E-state index in [1.54, 1.807) is 18.3 Å². The van der Waals surface area contributed by atoms with Gasteiger partial charge in [-0.3, -0.25) is 14.6 Å². The molecule has 1 amide bonds. The number of anilines is 1. The summed E-state index contributed by atoms with van der Waals surface area (Å²) in [6.07, 6.45) is 4.28. The first kappa shape index (κ1) is 14.2. The summed E-state index contributed by atoms with van der Waals surface area (Å²) in [6.45, 7) is 5.32. The van der Waals surface area contributed by atoms with Crippen LogP contribution in [-0.2, 0) is 4.79 Å². The minimum absolute atomic E-state index is 0.0155. The second-order valence-corrected chi connectivity index (χ2v) is 5.04. The van der Waals surface area contributed by atoms with Gasteiger partial charge in [-0.1, -0.05) is 18.2 Å². The molecule has 1 aliphatic rings. The van der Waals surface area contributed by atoms with Gasteiger partial charge in [0.1, 0.15) is 0 Å². The molecule has 0 aromatic heterocycles. The van der Waals surface area contributed by atoms with Gasteiger partial charge in [0.2, 0.25) is 5.91 Å². The van der Waals surface area contributed by atoms with Crippen LogP contribution in [0, 0.1) is 12.8 Å². The molecule has 1 atom stereocenters. The summed E-state index contributed by atoms with van der Waals surface area (Å²) in [5.41, 5.74) is 3.15. The Morgan fingerprint density at radius 1 is 1.30 bits per heavy atom. The first-order valence-corrected chi connectivity index (χ1v) is 6.61. The van der Waals surface area contributed by atoms with Crippen LogP contribution in [0.1, 0.15) is 36.2 Å². The molecule has 0 saturated carbocycles. The third-order valence-corrected chi connectivity index (χ3v) is 3.36. The number of ketones is 1. The Kier molecular flexibility index (Phi) is 4.13. The molecular weight excluding hydrogens is 252 g/mol. The molecular formula is C16H18N2O2. The molecule has 2 rings (SSSR count). The smallest absolute Gasteiger partial charge is 0.233 e. The van der Waals surface area contributed by atoms with Crippen molar-refractivity contribution < 1.29 is 9.59 Å². The number of aryl methyl sites for hydroxylation is 1. The fourth-order valence-electron chi connectivity index (χ4n) is 1.99. The van der Waals surface area contributed by atoms with Gasteiger partial charge in [0.15, 0.2) is 5.78 Å². The number of Topliss-reactive ketones (excluding diaryl/α,β-unsaturated/α-hetero) is 1. The van der Waals surface area contributed by atoms with E-state index >= 15 is 0 Å². The summed E-state index contributed by atoms with van der Waals surface area (Å²) < 4.78 is 0. The summed E-state index contributed by atoms with van der Waals surface area (Å²) >= 11 is 0. The Bertz CT molecular complexity index is 615. The molecule has 0 bridgehead atoms. The number of nitrogens with one attached hydrogen (secondary N) is 1. The number of aliphatic imine (C=N–C) groups is 1. The normalized spacial score (nSPS) is 17.6. The van der Waals surface area contributed by atoms with Crippen LogP contribution in [0.5, 0.6) is 0 Å². The second kappa shape index (κ2) is 5.82. The lowest BCUT2D eigenvalue weighted by molar-refractivity contribution is -0.117. The van der Waals surface area contributed by atoms with E-state index in [2.05, 4.69) is 10.3 Å². The lowest BCUT2D eigenvalue weighted by Gasteiger charge is -2.15. The molecule has 1 N–H and O–H groups in total. The Morgan fingerprint density at radius 3 is 2.65 bits per heavy atom. The van der Waals surface area contributed by atoms with Gasteiger partial charge in [-0.15, -0.1) is 0 Å². The molecule has 4 heteroatoms. The van der Waals surface area contributed by atoms with Crippen molar-refractivity contribution in [1.29, 1.82) is 0 Å². The van der Waals surface area contributed by atoms with Gasteiger partial charge < -0.3 is 5.32 Å². The van der Waals surface area contributed by atoms with Gasteiger partial charge in [0.25, 0.3) is 0 Å². The highest BCUT2D eigenvalue weighted by Gasteiger charge is 2.18. The van der Waals surface area contributed by atoms with Crippen LogP contribution in [0.3, 0.4) is 0 Å². The first-order chi connectivity index (χ1) is 9.47. The Balaban J connectivity index is 2.14. The Labute approximate surface area is 118 Å². The zero-order chi connectivity index (χ0) is 14.7. The van der Waals surface area contributed by atoms with Gasteiger partial charge in [-0.05, 0) is 38.8 Å². The van der Waals surface area contributed by atoms with E-state index in [1.807, 2.05) is 26.0 Å². The number of carbonyl (C=O) groups excluding carboxylic acids is 2. The molecule has 0 spiro atoms. The Hall–Kier alpha value is -2.23. The van der Waals surface area contributed by atoms with Gasteiger partial charge in [0, 0.05) is 23.2 Å². The van der Waals surface area contributed by atoms with Gasteiger partial charge in [-0.2, -0.15) is 0 Å². The molecule has 1 aliphatic heterocycles. The van der Waals surface area contributed by atoms with Gasteiger partial charge in [-0.25, -0.2) is 0 Å². The average Bonchev–Trinajstić information content (AvgIpc) is 2.41. The zero-order valence-corrected chi connectivity index (χ0v) is 11.9. The van der Waals surface area contributed by atoms with E-state index < -0.39 is 0 Å². The van der Waals surface area contributed by atoms with Crippen molar-refractivity contribution >= 4 is 23.6 Å². The van der Waals surface area contributed by atoms with E-state index in [1.165, 1.54) is 6.92 Å². The zero-order valence-electron chi connectivity index (χ0n) is 11.9. The van der Waals surface area contributed by atoms with Crippen LogP contribution >= 0.6 is 0 Å². The molecule has 1 aromatic rings. The summed E-state index contributed by atoms with van der Waals surface area (Å²) in [5, 5.41) is 2.88. The minimum Gasteiger partial charge on any atom is -0.325 e. The minimum atomic E-state index is -0.251. The molecule has 1 aromatic carbocycles. The molecule has 4 nitrogen and oxygen atoms in total. The number of rotatable bonds is 3. The highest BCUT2D eigenvalue weighted by molar-refractivity contribution is 6.03. The van der Waals surface area contributed by atoms with Crippen LogP contribution in [0.4, 0.5) is 5.69 Å². The molecule has 1 heterocycles. The fourth-order valence-corrected chi connectivity index (χ4v) is 1.99. The lowest BCUT2D eigenvalue weighted by Crippen LogP contribution is -2.25. The number of carbonyl (C=O) groups is 2. The third kappa shape index (κ3) is 3.20. The van der Waals surface area contributed by atoms with Crippen molar-refractivity contribution in [3.05, 3.63) is 41.1 Å². The number of hydrogen-bond donors (Lipinski definition) is 1. The summed E-state index contributed by atoms with van der Waals surface area (Å²) in [5.74, 6) is -0.362. The number of benzene rings is 1. The van der Waals surface area contributed by atoms with E-state index in [9.17, 15) is 9.59 Å². The number of nitrogens with zero attached hydrogens (tertiary/aromatic N) is 1. The SMILES string of the molecule is CC(=O)c1ccc(C)c(NC(=O)C2C=NC(C)=CC2)c1. The topological polar surface area (TPSA) is 58.5 Å². The Morgan fingerprint density at radius 2 is 2.05 bits per heavy atom. The molecule has 20 heavy (non-hydrogen) atoms. The third-order valence-electron chi connectivity index (χ3n) is 3.36. The molecule has 0 radical (unpaired) electrons. The molecule has 0 fully saturated rings. The molecule has 104 valence electrons. The molecule has 1 unspecified atom stereocenters. The first-order valence-electron chi connectivity index (χ1n) is 6.61. The van der Waals surface area contributed by atoms with Crippen molar-refractivity contribution in [2.24, 2.45) is 10.9 Å². The number of amides is 1. The van der Waals surface area contributed by atoms with Gasteiger partial charge in [0.05, 0.1) is 5.92 Å². The summed E-state index contributed by atoms with van der Waals surface area (Å²) in [7, 11) is 0. The maximum Gasteiger partial charge on any atom is 0.233 e. The standard InChI is InChI=1S/C16H18N2O2/c1-10-4-6-13(12(3)19)8-15(10)18-16(20)14-7-5-11(2)17-9-14/h4-6,8-9,14H,7H2,1-3H3,(H,18,20). The maximum atomic E-state index is 12.2. The second-order valence-electron chi connectivity index (χ2n) is 5.04. The number of hydrogen-bond acceptors (Lipinski definition) is 3. The average molecular weight is 270 g/mol. The predicted octanol–water partition coefficient (Wildman–Crippen LogP) is 3.13. The highest BCUT2D eigenvalue weighted by atomic mass is 16.2. The van der Waals surface area contributed by atoms with Gasteiger partial charge >= 0.3 is 0 Å². The number of allylic oxidation sites excluding steroid dienone is 2. The fraction of sp³-hybridized carbons (Fsp3) is 0.312. The van der Waals surface area contributed by atoms with E-state index in [0.717, 1.165) is 11.3 Å². The van der Waals surface area contributed by atoms with E-state index in [0.29, 0.717) is 17.7 Å². The van der Waals surface area contributed by atoms with E-state index in [4.69, 9.17) is 0 Å². The van der Waals surface area contributed by atoms with E-state index in [-0.39, 0.29) is 17.6 Å². The van der Waals surface area contributed by atoms with Crippen LogP contribution in [0.2, 0.25) is 0 Å². The molecule has 0 saturated heterocycles. The van der Waals surface area contributed by atoms with Crippen LogP contribution in [0.25, 0.3) is 0 Å². The molecule has 0 aliphatic carbocycles. The van der Waals surface area contributed by atoms with Crippen LogP contribution in [0.15, 0.2) is 35.0 Å². The van der Waals surface area contributed by atoms with Crippen molar-refractivity contribution in [1.82, 2.24) is 0 Å². The maximum absolute atomic E-state index is 12.2. The van der Waals surface area contributed by atoms with Crippen molar-refractivity contribution in [2.45, 2.75) is 27.2 Å². The monoisotopic (exact) mass is 270 g/mol. The lowest BCUT2D eigenvalue weighted by atomic mass is 10.0. The van der Waals surface area contributed by atoms with Crippen molar-refractivity contribution in [3.63, 3.8) is 0 Å². The van der Waals surface area contributed by atoms with Crippen molar-refractivity contribution in [2.75, 3.05) is 5.32 Å². The van der Waals surface area contributed by atoms with Crippen LogP contribution in [-0.4, -0.2) is 17.9 Å². The van der Waals surface area contributed by atoms with Crippen molar-refractivity contribution in [3.8, 4) is 0 Å². The summed E-state index contributed by atoms with van der Waals surface area (Å²) in [4.78, 5) is 27.7. The highest BCUT2D eigenvalue weighted by Crippen LogP contribution is 2.20. The summed E-state index contributed by atoms with van der Waals surface area (Å²) in [6, 6.07) is 5.32. The quantitative estimate of drug-likeness (QED) is 0.858.